The van der Waals surface area contributed by atoms with Gasteiger partial charge < -0.3 is 4.74 Å². The lowest BCUT2D eigenvalue weighted by atomic mass is 9.73. The van der Waals surface area contributed by atoms with Crippen LogP contribution in [0.4, 0.5) is 0 Å². The third kappa shape index (κ3) is 1.84. The zero-order valence-corrected chi connectivity index (χ0v) is 12.6. The van der Waals surface area contributed by atoms with Crippen molar-refractivity contribution in [3.8, 4) is 0 Å². The fraction of sp³-hybridized carbons (Fsp3) is 0.867. The summed E-state index contributed by atoms with van der Waals surface area (Å²) in [6.07, 6.45) is 10.8. The highest BCUT2D eigenvalue weighted by molar-refractivity contribution is 6.80. The first-order valence-corrected chi connectivity index (χ1v) is 10.9. The van der Waals surface area contributed by atoms with Gasteiger partial charge in [-0.15, -0.1) is 0 Å². The van der Waals surface area contributed by atoms with Gasteiger partial charge in [-0.2, -0.15) is 0 Å². The molecule has 17 heavy (non-hydrogen) atoms. The Kier molecular flexibility index (Phi) is 2.61. The lowest BCUT2D eigenvalue weighted by molar-refractivity contribution is -0.0679. The molecule has 3 fully saturated rings. The molecular weight excluding hydrogens is 224 g/mol. The molecule has 0 aromatic rings. The summed E-state index contributed by atoms with van der Waals surface area (Å²) in [6, 6.07) is 0. The molecule has 1 spiro atoms. The van der Waals surface area contributed by atoms with E-state index < -0.39 is 8.07 Å². The van der Waals surface area contributed by atoms with Crippen LogP contribution in [0.3, 0.4) is 0 Å². The van der Waals surface area contributed by atoms with Crippen LogP contribution in [-0.2, 0) is 4.74 Å². The van der Waals surface area contributed by atoms with E-state index in [9.17, 15) is 0 Å². The van der Waals surface area contributed by atoms with E-state index in [0.717, 1.165) is 12.5 Å². The summed E-state index contributed by atoms with van der Waals surface area (Å²) in [5, 5.41) is 0. The largest absolute Gasteiger partial charge is 0.374 e. The average Bonchev–Trinajstić information content (AvgIpc) is 2.93. The van der Waals surface area contributed by atoms with Crippen molar-refractivity contribution in [2.24, 2.45) is 11.3 Å². The fourth-order valence-electron chi connectivity index (χ4n) is 4.00. The molecule has 0 aromatic heterocycles. The molecule has 1 aliphatic heterocycles. The van der Waals surface area contributed by atoms with Crippen LogP contribution in [0.25, 0.3) is 0 Å². The molecule has 1 nitrogen and oxygen atoms in total. The molecule has 2 aliphatic carbocycles. The summed E-state index contributed by atoms with van der Waals surface area (Å²) in [4.78, 5) is 0. The van der Waals surface area contributed by atoms with Gasteiger partial charge in [-0.1, -0.05) is 50.7 Å². The van der Waals surface area contributed by atoms with E-state index in [1.54, 1.807) is 0 Å². The predicted molar refractivity (Wildman–Crippen MR) is 74.8 cm³/mol. The van der Waals surface area contributed by atoms with Gasteiger partial charge in [0.15, 0.2) is 0 Å². The molecule has 0 amide bonds. The zero-order chi connectivity index (χ0) is 12.1. The lowest BCUT2D eigenvalue weighted by Gasteiger charge is -2.40. The monoisotopic (exact) mass is 250 g/mol. The van der Waals surface area contributed by atoms with Gasteiger partial charge in [-0.3, -0.25) is 0 Å². The Morgan fingerprint density at radius 2 is 1.82 bits per heavy atom. The van der Waals surface area contributed by atoms with Gasteiger partial charge in [0, 0.05) is 5.41 Å². The second-order valence-electron chi connectivity index (χ2n) is 7.51. The molecule has 2 heteroatoms. The van der Waals surface area contributed by atoms with Gasteiger partial charge in [0.2, 0.25) is 0 Å². The minimum atomic E-state index is -1.06. The molecule has 0 N–H and O–H groups in total. The first-order chi connectivity index (χ1) is 7.98. The summed E-state index contributed by atoms with van der Waals surface area (Å²) in [5.74, 6) is 0.855. The number of hydrogen-bond donors (Lipinski definition) is 0. The van der Waals surface area contributed by atoms with Crippen LogP contribution in [0.15, 0.2) is 11.8 Å². The molecule has 3 rings (SSSR count). The van der Waals surface area contributed by atoms with Gasteiger partial charge in [-0.05, 0) is 25.2 Å². The number of hydrogen-bond acceptors (Lipinski definition) is 1. The highest BCUT2D eigenvalue weighted by atomic mass is 28.3. The van der Waals surface area contributed by atoms with Crippen molar-refractivity contribution < 1.29 is 4.74 Å². The van der Waals surface area contributed by atoms with Gasteiger partial charge in [-0.25, -0.2) is 0 Å². The molecule has 2 unspecified atom stereocenters. The Hall–Kier alpha value is -0.0831. The summed E-state index contributed by atoms with van der Waals surface area (Å²) in [5.41, 5.74) is 3.29. The SMILES string of the molecule is C[Si](C)(C)/C=C\C12CC1COC21CCCCC1. The van der Waals surface area contributed by atoms with E-state index in [4.69, 9.17) is 4.74 Å². The predicted octanol–water partition coefficient (Wildman–Crippen LogP) is 4.16. The third-order valence-electron chi connectivity index (χ3n) is 5.10. The minimum absolute atomic E-state index is 0.256. The Bertz CT molecular complexity index is 335. The summed E-state index contributed by atoms with van der Waals surface area (Å²) < 4.78 is 6.28. The minimum Gasteiger partial charge on any atom is -0.374 e. The number of fused-ring (bicyclic) bond motifs is 2. The van der Waals surface area contributed by atoms with Gasteiger partial charge in [0.25, 0.3) is 0 Å². The number of rotatable bonds is 2. The Morgan fingerprint density at radius 1 is 1.12 bits per heavy atom. The maximum absolute atomic E-state index is 6.28. The van der Waals surface area contributed by atoms with Crippen LogP contribution < -0.4 is 0 Å². The van der Waals surface area contributed by atoms with Crippen molar-refractivity contribution in [3.63, 3.8) is 0 Å². The van der Waals surface area contributed by atoms with E-state index in [-0.39, 0.29) is 5.60 Å². The van der Waals surface area contributed by atoms with Gasteiger partial charge >= 0.3 is 0 Å². The highest BCUT2D eigenvalue weighted by Gasteiger charge is 2.69. The van der Waals surface area contributed by atoms with E-state index >= 15 is 0 Å². The zero-order valence-electron chi connectivity index (χ0n) is 11.6. The van der Waals surface area contributed by atoms with E-state index in [0.29, 0.717) is 5.41 Å². The van der Waals surface area contributed by atoms with Crippen molar-refractivity contribution in [3.05, 3.63) is 11.8 Å². The first kappa shape index (κ1) is 12.0. The summed E-state index contributed by atoms with van der Waals surface area (Å²) in [6.45, 7) is 8.33. The van der Waals surface area contributed by atoms with Crippen LogP contribution in [0, 0.1) is 11.3 Å². The van der Waals surface area contributed by atoms with Crippen molar-refractivity contribution in [1.29, 1.82) is 0 Å². The van der Waals surface area contributed by atoms with Gasteiger partial charge in [0.05, 0.1) is 20.3 Å². The quantitative estimate of drug-likeness (QED) is 0.669. The standard InChI is InChI=1S/C15H26OSi/c1-17(2,3)10-9-14-11-13(14)12-16-15(14)7-5-4-6-8-15/h9-10,13H,4-8,11-12H2,1-3H3/b10-9-. The van der Waals surface area contributed by atoms with Crippen LogP contribution in [-0.4, -0.2) is 20.3 Å². The first-order valence-electron chi connectivity index (χ1n) is 7.32. The normalized spacial score (nSPS) is 39.8. The maximum atomic E-state index is 6.28. The summed E-state index contributed by atoms with van der Waals surface area (Å²) >= 11 is 0. The molecular formula is C15H26OSi. The molecule has 2 atom stereocenters. The molecule has 3 aliphatic rings. The van der Waals surface area contributed by atoms with Crippen molar-refractivity contribution >= 4 is 8.07 Å². The Labute approximate surface area is 107 Å². The van der Waals surface area contributed by atoms with E-state index in [1.165, 1.54) is 38.5 Å². The van der Waals surface area contributed by atoms with Crippen LogP contribution in [0.2, 0.25) is 19.6 Å². The molecule has 0 radical (unpaired) electrons. The third-order valence-corrected chi connectivity index (χ3v) is 6.27. The maximum Gasteiger partial charge on any atom is 0.0776 e. The van der Waals surface area contributed by atoms with E-state index in [2.05, 4.69) is 31.4 Å². The van der Waals surface area contributed by atoms with E-state index in [1.807, 2.05) is 0 Å². The van der Waals surface area contributed by atoms with Crippen molar-refractivity contribution in [1.82, 2.24) is 0 Å². The Balaban J connectivity index is 1.84. The molecule has 0 bridgehead atoms. The van der Waals surface area contributed by atoms with Crippen LogP contribution in [0.1, 0.15) is 38.5 Å². The van der Waals surface area contributed by atoms with Crippen LogP contribution >= 0.6 is 0 Å². The molecule has 2 saturated carbocycles. The van der Waals surface area contributed by atoms with Gasteiger partial charge in [0.1, 0.15) is 0 Å². The number of ether oxygens (including phenoxy) is 1. The fourth-order valence-corrected chi connectivity index (χ4v) is 4.79. The topological polar surface area (TPSA) is 9.23 Å². The molecule has 96 valence electrons. The Morgan fingerprint density at radius 3 is 2.41 bits per heavy atom. The average molecular weight is 250 g/mol. The molecule has 1 heterocycles. The molecule has 1 saturated heterocycles. The lowest BCUT2D eigenvalue weighted by Crippen LogP contribution is -2.40. The van der Waals surface area contributed by atoms with Crippen molar-refractivity contribution in [2.75, 3.05) is 6.61 Å². The second-order valence-corrected chi connectivity index (χ2v) is 12.6. The smallest absolute Gasteiger partial charge is 0.0776 e. The second kappa shape index (κ2) is 3.71. The summed E-state index contributed by atoms with van der Waals surface area (Å²) in [7, 11) is -1.06. The van der Waals surface area contributed by atoms with Crippen molar-refractivity contribution in [2.45, 2.75) is 63.8 Å². The molecule has 0 aromatic carbocycles. The highest BCUT2D eigenvalue weighted by Crippen LogP contribution is 2.70. The van der Waals surface area contributed by atoms with Crippen LogP contribution in [0.5, 0.6) is 0 Å².